The topological polar surface area (TPSA) is 124 Å². The number of aliphatic hydroxyl groups excluding tert-OH is 4. The van der Waals surface area contributed by atoms with Crippen molar-refractivity contribution in [1.29, 1.82) is 0 Å². The van der Waals surface area contributed by atoms with Crippen molar-refractivity contribution in [2.24, 2.45) is 23.7 Å². The predicted molar refractivity (Wildman–Crippen MR) is 212 cm³/mol. The highest BCUT2D eigenvalue weighted by molar-refractivity contribution is 5.23. The highest BCUT2D eigenvalue weighted by atomic mass is 16.5. The monoisotopic (exact) mass is 754 g/mol. The quantitative estimate of drug-likeness (QED) is 0.0777. The molecule has 8 atom stereocenters. The molecule has 10 heteroatoms. The number of para-hydroxylation sites is 4. The molecule has 55 heavy (non-hydrogen) atoms. The fourth-order valence-corrected chi connectivity index (χ4v) is 8.31. The molecule has 4 aromatic rings. The second-order valence-electron chi connectivity index (χ2n) is 15.3. The van der Waals surface area contributed by atoms with Gasteiger partial charge in [0.2, 0.25) is 0 Å². The lowest BCUT2D eigenvalue weighted by Gasteiger charge is -2.36. The van der Waals surface area contributed by atoms with E-state index >= 15 is 0 Å². The normalized spacial score (nSPS) is 21.3. The molecule has 296 valence electrons. The van der Waals surface area contributed by atoms with E-state index in [0.717, 1.165) is 32.4 Å². The third-order valence-electron chi connectivity index (χ3n) is 10.8. The van der Waals surface area contributed by atoms with Crippen LogP contribution in [0.25, 0.3) is 0 Å². The Morgan fingerprint density at radius 1 is 0.400 bits per heavy atom. The molecule has 0 heterocycles. The van der Waals surface area contributed by atoms with Gasteiger partial charge in [-0.25, -0.2) is 0 Å². The Bertz CT molecular complexity index is 1400. The van der Waals surface area contributed by atoms with Crippen molar-refractivity contribution < 1.29 is 39.4 Å². The number of fused-ring (bicyclic) bond motifs is 2. The summed E-state index contributed by atoms with van der Waals surface area (Å²) in [5.41, 5.74) is 0. The lowest BCUT2D eigenvalue weighted by atomic mass is 9.81. The number of hydrogen-bond donors (Lipinski definition) is 4. The van der Waals surface area contributed by atoms with Gasteiger partial charge >= 0.3 is 0 Å². The second kappa shape index (κ2) is 21.2. The van der Waals surface area contributed by atoms with Gasteiger partial charge in [0, 0.05) is 39.3 Å². The first-order valence-electron chi connectivity index (χ1n) is 19.7. The van der Waals surface area contributed by atoms with Gasteiger partial charge in [-0.2, -0.15) is 0 Å². The first-order chi connectivity index (χ1) is 26.9. The Hall–Kier alpha value is -4.16. The molecule has 0 radical (unpaired) electrons. The molecular formula is C45H58N2O8. The van der Waals surface area contributed by atoms with E-state index in [0.29, 0.717) is 72.8 Å². The van der Waals surface area contributed by atoms with Gasteiger partial charge in [0.05, 0.1) is 0 Å². The van der Waals surface area contributed by atoms with Crippen molar-refractivity contribution in [3.63, 3.8) is 0 Å². The van der Waals surface area contributed by atoms with Crippen LogP contribution in [0.1, 0.15) is 19.3 Å². The molecule has 0 saturated heterocycles. The summed E-state index contributed by atoms with van der Waals surface area (Å²) in [4.78, 5) is 4.35. The Morgan fingerprint density at radius 2 is 0.655 bits per heavy atom. The number of nitrogens with zero attached hydrogens (tertiary/aromatic N) is 2. The molecule has 2 aliphatic rings. The average Bonchev–Trinajstić information content (AvgIpc) is 3.79. The molecule has 0 spiro atoms. The van der Waals surface area contributed by atoms with E-state index in [1.54, 1.807) is 0 Å². The van der Waals surface area contributed by atoms with Gasteiger partial charge in [0.25, 0.3) is 0 Å². The van der Waals surface area contributed by atoms with Gasteiger partial charge in [-0.15, -0.1) is 0 Å². The molecule has 2 fully saturated rings. The van der Waals surface area contributed by atoms with E-state index in [1.165, 1.54) is 0 Å². The summed E-state index contributed by atoms with van der Waals surface area (Å²) in [6.45, 7) is 3.72. The number of aliphatic hydroxyl groups is 4. The van der Waals surface area contributed by atoms with E-state index < -0.39 is 24.4 Å². The average molecular weight is 755 g/mol. The Labute approximate surface area is 325 Å². The fourth-order valence-electron chi connectivity index (χ4n) is 8.31. The standard InChI is InChI=1S/C45H58N2O8/c48-38(30-52-42-13-5-1-6-14-42)26-46(27-39(49)31-53-43-15-7-2-8-16-43)24-36-22-35-21-34(36)23-37(35)25-47(28-40(50)32-54-44-17-9-3-10-18-44)29-41(51)33-55-45-19-11-4-12-20-45/h1-20,34-41,48-51H,21-33H2. The van der Waals surface area contributed by atoms with Gasteiger partial charge in [0.15, 0.2) is 0 Å². The summed E-state index contributed by atoms with van der Waals surface area (Å²) >= 11 is 0. The maximum absolute atomic E-state index is 11.1. The van der Waals surface area contributed by atoms with Crippen LogP contribution >= 0.6 is 0 Å². The van der Waals surface area contributed by atoms with Gasteiger partial charge in [-0.1, -0.05) is 72.8 Å². The maximum Gasteiger partial charge on any atom is 0.119 e. The zero-order chi connectivity index (χ0) is 38.2. The molecule has 0 aliphatic heterocycles. The van der Waals surface area contributed by atoms with E-state index in [1.807, 2.05) is 121 Å². The highest BCUT2D eigenvalue weighted by Gasteiger charge is 2.46. The van der Waals surface area contributed by atoms with Crippen LogP contribution in [0, 0.1) is 23.7 Å². The number of hydrogen-bond acceptors (Lipinski definition) is 10. The lowest BCUT2D eigenvalue weighted by Crippen LogP contribution is -2.46. The molecule has 2 aliphatic carbocycles. The Kier molecular flexibility index (Phi) is 15.6. The molecule has 4 N–H and O–H groups in total. The van der Waals surface area contributed by atoms with E-state index in [2.05, 4.69) is 9.80 Å². The zero-order valence-corrected chi connectivity index (χ0v) is 31.7. The molecule has 10 nitrogen and oxygen atoms in total. The predicted octanol–water partition coefficient (Wildman–Crippen LogP) is 5.01. The first-order valence-corrected chi connectivity index (χ1v) is 19.7. The highest BCUT2D eigenvalue weighted by Crippen LogP contribution is 2.52. The molecule has 6 rings (SSSR count). The third-order valence-corrected chi connectivity index (χ3v) is 10.8. The summed E-state index contributed by atoms with van der Waals surface area (Å²) in [7, 11) is 0. The number of benzene rings is 4. The smallest absolute Gasteiger partial charge is 0.119 e. The van der Waals surface area contributed by atoms with Crippen LogP contribution in [0.3, 0.4) is 0 Å². The first kappa shape index (κ1) is 40.5. The Balaban J connectivity index is 1.03. The second-order valence-corrected chi connectivity index (χ2v) is 15.3. The van der Waals surface area contributed by atoms with Crippen molar-refractivity contribution in [3.05, 3.63) is 121 Å². The maximum atomic E-state index is 11.1. The molecule has 2 saturated carbocycles. The van der Waals surface area contributed by atoms with Crippen molar-refractivity contribution in [2.75, 3.05) is 65.7 Å². The Morgan fingerprint density at radius 3 is 0.891 bits per heavy atom. The minimum Gasteiger partial charge on any atom is -0.491 e. The van der Waals surface area contributed by atoms with Crippen LogP contribution in [-0.2, 0) is 0 Å². The van der Waals surface area contributed by atoms with Crippen molar-refractivity contribution in [1.82, 2.24) is 9.80 Å². The molecule has 2 bridgehead atoms. The van der Waals surface area contributed by atoms with Crippen LogP contribution in [0.4, 0.5) is 0 Å². The summed E-state index contributed by atoms with van der Waals surface area (Å²) in [5, 5.41) is 44.2. The molecule has 8 unspecified atom stereocenters. The fraction of sp³-hybridized carbons (Fsp3) is 0.467. The summed E-state index contributed by atoms with van der Waals surface area (Å²) in [6, 6.07) is 38.0. The van der Waals surface area contributed by atoms with Crippen LogP contribution in [0.15, 0.2) is 121 Å². The van der Waals surface area contributed by atoms with Gasteiger partial charge in [-0.05, 0) is 91.5 Å². The van der Waals surface area contributed by atoms with Gasteiger partial charge < -0.3 is 39.4 Å². The molecule has 0 aromatic heterocycles. The minimum absolute atomic E-state index is 0.163. The van der Waals surface area contributed by atoms with E-state index in [-0.39, 0.29) is 26.4 Å². The number of rotatable bonds is 24. The SMILES string of the molecule is OC(COc1ccccc1)CN(CC(O)COc1ccccc1)CC1CC2CC1CC2CN(CC(O)COc1ccccc1)CC(O)COc1ccccc1. The van der Waals surface area contributed by atoms with Crippen LogP contribution in [-0.4, -0.2) is 120 Å². The van der Waals surface area contributed by atoms with E-state index in [9.17, 15) is 20.4 Å². The van der Waals surface area contributed by atoms with Crippen LogP contribution in [0.5, 0.6) is 23.0 Å². The summed E-state index contributed by atoms with van der Waals surface area (Å²) in [6.07, 6.45) is 0.358. The summed E-state index contributed by atoms with van der Waals surface area (Å²) < 4.78 is 23.4. The van der Waals surface area contributed by atoms with E-state index in [4.69, 9.17) is 18.9 Å². The van der Waals surface area contributed by atoms with Crippen molar-refractivity contribution >= 4 is 0 Å². The lowest BCUT2D eigenvalue weighted by molar-refractivity contribution is 0.0133. The molecule has 4 aromatic carbocycles. The zero-order valence-electron chi connectivity index (χ0n) is 31.7. The molecule has 0 amide bonds. The summed E-state index contributed by atoms with van der Waals surface area (Å²) in [5.74, 6) is 4.77. The van der Waals surface area contributed by atoms with Gasteiger partial charge in [0.1, 0.15) is 73.8 Å². The van der Waals surface area contributed by atoms with Gasteiger partial charge in [-0.3, -0.25) is 9.80 Å². The third kappa shape index (κ3) is 13.5. The molecular weight excluding hydrogens is 697 g/mol. The number of ether oxygens (including phenoxy) is 4. The largest absolute Gasteiger partial charge is 0.491 e. The minimum atomic E-state index is -0.725. The van der Waals surface area contributed by atoms with Crippen molar-refractivity contribution in [2.45, 2.75) is 43.7 Å². The van der Waals surface area contributed by atoms with Crippen molar-refractivity contribution in [3.8, 4) is 23.0 Å². The van der Waals surface area contributed by atoms with Crippen LogP contribution < -0.4 is 18.9 Å². The van der Waals surface area contributed by atoms with Crippen LogP contribution in [0.2, 0.25) is 0 Å².